The van der Waals surface area contributed by atoms with Crippen LogP contribution in [0.25, 0.3) is 0 Å². The van der Waals surface area contributed by atoms with Crippen molar-refractivity contribution in [3.8, 4) is 0 Å². The standard InChI is InChI=1S/C12H16BrN3O/c1-8-2-3-11(10(13)4-8)15-12(17)7-16-5-9(14)6-16/h2-4,9H,5-7,14H2,1H3,(H,15,17). The van der Waals surface area contributed by atoms with Gasteiger partial charge in [0.15, 0.2) is 0 Å². The van der Waals surface area contributed by atoms with Crippen LogP contribution in [0.15, 0.2) is 22.7 Å². The van der Waals surface area contributed by atoms with Crippen LogP contribution in [0.4, 0.5) is 5.69 Å². The van der Waals surface area contributed by atoms with Gasteiger partial charge in [0.1, 0.15) is 0 Å². The van der Waals surface area contributed by atoms with Gasteiger partial charge in [-0.25, -0.2) is 0 Å². The van der Waals surface area contributed by atoms with E-state index in [1.807, 2.05) is 30.0 Å². The molecule has 2 rings (SSSR count). The lowest BCUT2D eigenvalue weighted by Crippen LogP contribution is -2.57. The first-order chi connectivity index (χ1) is 8.04. The third kappa shape index (κ3) is 3.28. The van der Waals surface area contributed by atoms with Crippen LogP contribution in [-0.4, -0.2) is 36.5 Å². The topological polar surface area (TPSA) is 58.4 Å². The second kappa shape index (κ2) is 5.16. The summed E-state index contributed by atoms with van der Waals surface area (Å²) in [5, 5.41) is 2.88. The molecule has 1 fully saturated rings. The first-order valence-electron chi connectivity index (χ1n) is 5.58. The normalized spacial score (nSPS) is 16.6. The van der Waals surface area contributed by atoms with Crippen molar-refractivity contribution in [1.82, 2.24) is 4.90 Å². The second-order valence-corrected chi connectivity index (χ2v) is 5.34. The van der Waals surface area contributed by atoms with Crippen LogP contribution in [0, 0.1) is 6.92 Å². The Morgan fingerprint density at radius 1 is 1.59 bits per heavy atom. The number of rotatable bonds is 3. The lowest BCUT2D eigenvalue weighted by Gasteiger charge is -2.36. The molecular formula is C12H16BrN3O. The van der Waals surface area contributed by atoms with Crippen molar-refractivity contribution in [3.63, 3.8) is 0 Å². The molecule has 92 valence electrons. The van der Waals surface area contributed by atoms with E-state index >= 15 is 0 Å². The van der Waals surface area contributed by atoms with E-state index in [1.54, 1.807) is 0 Å². The fourth-order valence-corrected chi connectivity index (χ4v) is 2.45. The van der Waals surface area contributed by atoms with Crippen molar-refractivity contribution in [2.75, 3.05) is 25.0 Å². The number of benzene rings is 1. The molecule has 1 aromatic rings. The van der Waals surface area contributed by atoms with Gasteiger partial charge < -0.3 is 11.1 Å². The molecule has 1 aromatic carbocycles. The minimum atomic E-state index is 0.00135. The number of aryl methyl sites for hydroxylation is 1. The van der Waals surface area contributed by atoms with Crippen molar-refractivity contribution in [2.24, 2.45) is 5.73 Å². The van der Waals surface area contributed by atoms with Crippen molar-refractivity contribution in [2.45, 2.75) is 13.0 Å². The Morgan fingerprint density at radius 3 is 2.88 bits per heavy atom. The minimum Gasteiger partial charge on any atom is -0.325 e. The average Bonchev–Trinajstić information content (AvgIpc) is 2.20. The quantitative estimate of drug-likeness (QED) is 0.885. The van der Waals surface area contributed by atoms with Crippen molar-refractivity contribution in [1.29, 1.82) is 0 Å². The summed E-state index contributed by atoms with van der Waals surface area (Å²) < 4.78 is 0.908. The summed E-state index contributed by atoms with van der Waals surface area (Å²) in [5.41, 5.74) is 7.62. The van der Waals surface area contributed by atoms with Crippen LogP contribution in [0.5, 0.6) is 0 Å². The number of likely N-dealkylation sites (tertiary alicyclic amines) is 1. The van der Waals surface area contributed by atoms with E-state index in [2.05, 4.69) is 21.2 Å². The number of anilines is 1. The molecule has 0 bridgehead atoms. The fraction of sp³-hybridized carbons (Fsp3) is 0.417. The predicted octanol–water partition coefficient (Wildman–Crippen LogP) is 1.34. The maximum Gasteiger partial charge on any atom is 0.238 e. The van der Waals surface area contributed by atoms with Crippen LogP contribution in [0.1, 0.15) is 5.56 Å². The molecule has 1 saturated heterocycles. The molecule has 3 N–H and O–H groups in total. The fourth-order valence-electron chi connectivity index (χ4n) is 1.85. The molecule has 5 heteroatoms. The van der Waals surface area contributed by atoms with Gasteiger partial charge in [-0.05, 0) is 40.5 Å². The van der Waals surface area contributed by atoms with Gasteiger partial charge >= 0.3 is 0 Å². The highest BCUT2D eigenvalue weighted by atomic mass is 79.9. The van der Waals surface area contributed by atoms with E-state index in [0.29, 0.717) is 6.54 Å². The van der Waals surface area contributed by atoms with Crippen molar-refractivity contribution >= 4 is 27.5 Å². The Kier molecular flexibility index (Phi) is 3.81. The van der Waals surface area contributed by atoms with Gasteiger partial charge in [0.05, 0.1) is 12.2 Å². The molecular weight excluding hydrogens is 282 g/mol. The summed E-state index contributed by atoms with van der Waals surface area (Å²) in [6.45, 7) is 4.04. The summed E-state index contributed by atoms with van der Waals surface area (Å²) in [6.07, 6.45) is 0. The maximum absolute atomic E-state index is 11.7. The van der Waals surface area contributed by atoms with Crippen LogP contribution in [-0.2, 0) is 4.79 Å². The molecule has 1 heterocycles. The van der Waals surface area contributed by atoms with Crippen LogP contribution >= 0.6 is 15.9 Å². The molecule has 0 aromatic heterocycles. The maximum atomic E-state index is 11.7. The largest absolute Gasteiger partial charge is 0.325 e. The molecule has 0 spiro atoms. The highest BCUT2D eigenvalue weighted by molar-refractivity contribution is 9.10. The number of nitrogens with two attached hydrogens (primary N) is 1. The van der Waals surface area contributed by atoms with E-state index in [4.69, 9.17) is 5.73 Å². The van der Waals surface area contributed by atoms with Gasteiger partial charge in [0.2, 0.25) is 5.91 Å². The zero-order valence-electron chi connectivity index (χ0n) is 9.74. The molecule has 0 aliphatic carbocycles. The van der Waals surface area contributed by atoms with Crippen LogP contribution < -0.4 is 11.1 Å². The van der Waals surface area contributed by atoms with Gasteiger partial charge in [-0.3, -0.25) is 9.69 Å². The Balaban J connectivity index is 1.89. The smallest absolute Gasteiger partial charge is 0.238 e. The minimum absolute atomic E-state index is 0.00135. The molecule has 1 aliphatic heterocycles. The summed E-state index contributed by atoms with van der Waals surface area (Å²) in [5.74, 6) is 0.00135. The van der Waals surface area contributed by atoms with E-state index in [0.717, 1.165) is 28.8 Å². The lowest BCUT2D eigenvalue weighted by atomic mass is 10.1. The van der Waals surface area contributed by atoms with E-state index in [9.17, 15) is 4.79 Å². The molecule has 0 radical (unpaired) electrons. The number of carbonyl (C=O) groups is 1. The van der Waals surface area contributed by atoms with E-state index in [-0.39, 0.29) is 11.9 Å². The predicted molar refractivity (Wildman–Crippen MR) is 71.9 cm³/mol. The highest BCUT2D eigenvalue weighted by Crippen LogP contribution is 2.23. The van der Waals surface area contributed by atoms with Gasteiger partial charge in [-0.2, -0.15) is 0 Å². The number of hydrogen-bond donors (Lipinski definition) is 2. The first kappa shape index (κ1) is 12.5. The summed E-state index contributed by atoms with van der Waals surface area (Å²) in [7, 11) is 0. The van der Waals surface area contributed by atoms with Gasteiger partial charge in [0.25, 0.3) is 0 Å². The van der Waals surface area contributed by atoms with Gasteiger partial charge in [-0.1, -0.05) is 6.07 Å². The monoisotopic (exact) mass is 297 g/mol. The zero-order chi connectivity index (χ0) is 12.4. The average molecular weight is 298 g/mol. The first-order valence-corrected chi connectivity index (χ1v) is 6.38. The van der Waals surface area contributed by atoms with Crippen LogP contribution in [0.3, 0.4) is 0 Å². The van der Waals surface area contributed by atoms with Gasteiger partial charge in [-0.15, -0.1) is 0 Å². The Labute approximate surface area is 109 Å². The molecule has 1 aliphatic rings. The molecule has 0 unspecified atom stereocenters. The number of nitrogens with zero attached hydrogens (tertiary/aromatic N) is 1. The summed E-state index contributed by atoms with van der Waals surface area (Å²) in [6, 6.07) is 6.09. The van der Waals surface area contributed by atoms with Gasteiger partial charge in [0, 0.05) is 23.6 Å². The molecule has 4 nitrogen and oxygen atoms in total. The van der Waals surface area contributed by atoms with Crippen molar-refractivity contribution in [3.05, 3.63) is 28.2 Å². The highest BCUT2D eigenvalue weighted by Gasteiger charge is 2.24. The second-order valence-electron chi connectivity index (χ2n) is 4.49. The lowest BCUT2D eigenvalue weighted by molar-refractivity contribution is -0.118. The van der Waals surface area contributed by atoms with Crippen molar-refractivity contribution < 1.29 is 4.79 Å². The third-order valence-electron chi connectivity index (χ3n) is 2.75. The molecule has 17 heavy (non-hydrogen) atoms. The van der Waals surface area contributed by atoms with Crippen LogP contribution in [0.2, 0.25) is 0 Å². The Hall–Kier alpha value is -0.910. The third-order valence-corrected chi connectivity index (χ3v) is 3.41. The number of amides is 1. The summed E-state index contributed by atoms with van der Waals surface area (Å²) >= 11 is 3.43. The molecule has 0 saturated carbocycles. The number of carbonyl (C=O) groups excluding carboxylic acids is 1. The SMILES string of the molecule is Cc1ccc(NC(=O)CN2CC(N)C2)c(Br)c1. The zero-order valence-corrected chi connectivity index (χ0v) is 11.3. The number of hydrogen-bond acceptors (Lipinski definition) is 3. The van der Waals surface area contributed by atoms with E-state index in [1.165, 1.54) is 0 Å². The molecule has 0 atom stereocenters. The Morgan fingerprint density at radius 2 is 2.29 bits per heavy atom. The van der Waals surface area contributed by atoms with E-state index < -0.39 is 0 Å². The number of nitrogens with one attached hydrogen (secondary N) is 1. The molecule has 1 amide bonds. The number of halogens is 1. The summed E-state index contributed by atoms with van der Waals surface area (Å²) in [4.78, 5) is 13.8. The Bertz CT molecular complexity index is 430.